The van der Waals surface area contributed by atoms with Crippen LogP contribution in [0.4, 0.5) is 0 Å². The van der Waals surface area contributed by atoms with Crippen LogP contribution in [0, 0.1) is 23.7 Å². The molecule has 0 aromatic heterocycles. The summed E-state index contributed by atoms with van der Waals surface area (Å²) in [5.41, 5.74) is 6.14. The number of rotatable bonds is 0. The molecule has 5 atom stereocenters. The number of hydrogen-bond acceptors (Lipinski definition) is 1. The number of nitrogens with two attached hydrogens (primary N) is 1. The smallest absolute Gasteiger partial charge is 0.00731 e. The van der Waals surface area contributed by atoms with Gasteiger partial charge in [-0.15, -0.1) is 0 Å². The molecular formula is C11H17N. The quantitative estimate of drug-likeness (QED) is 0.543. The standard InChI is InChI=1S/C11H17N/c12-11-6-8-2-1-7-3-9(8)5-10(11)4-7/h1-2,7-11H,3-6,12H2/t7-,8-,9+,10-,11-/m0/s1. The minimum absolute atomic E-state index is 0.513. The molecule has 0 unspecified atom stereocenters. The maximum atomic E-state index is 6.14. The Bertz CT molecular complexity index is 221. The molecule has 12 heavy (non-hydrogen) atoms. The average molecular weight is 163 g/mol. The van der Waals surface area contributed by atoms with Crippen molar-refractivity contribution >= 4 is 0 Å². The Kier molecular flexibility index (Phi) is 1.40. The SMILES string of the molecule is N[C@H]1C[C@@H]2C=C[C@@H]3C[C@H]1C[C@H]2C3. The predicted octanol–water partition coefficient (Wildman–Crippen LogP) is 1.94. The van der Waals surface area contributed by atoms with Gasteiger partial charge in [0.25, 0.3) is 0 Å². The molecule has 3 bridgehead atoms. The van der Waals surface area contributed by atoms with E-state index in [2.05, 4.69) is 12.2 Å². The Labute approximate surface area is 74.0 Å². The van der Waals surface area contributed by atoms with E-state index in [9.17, 15) is 0 Å². The lowest BCUT2D eigenvalue weighted by Crippen LogP contribution is -2.46. The third-order valence-electron chi connectivity index (χ3n) is 4.20. The van der Waals surface area contributed by atoms with Crippen LogP contribution in [0.2, 0.25) is 0 Å². The number of hydrogen-bond donors (Lipinski definition) is 1. The van der Waals surface area contributed by atoms with Crippen molar-refractivity contribution in [3.05, 3.63) is 12.2 Å². The molecule has 0 heterocycles. The Balaban J connectivity index is 1.96. The van der Waals surface area contributed by atoms with E-state index in [0.717, 1.165) is 23.7 Å². The minimum atomic E-state index is 0.513. The van der Waals surface area contributed by atoms with E-state index in [4.69, 9.17) is 5.73 Å². The first-order valence-corrected chi connectivity index (χ1v) is 5.27. The lowest BCUT2D eigenvalue weighted by Gasteiger charge is -2.48. The molecule has 2 fully saturated rings. The van der Waals surface area contributed by atoms with Gasteiger partial charge in [-0.3, -0.25) is 0 Å². The van der Waals surface area contributed by atoms with Crippen LogP contribution in [-0.4, -0.2) is 6.04 Å². The second kappa shape index (κ2) is 2.35. The predicted molar refractivity (Wildman–Crippen MR) is 49.5 cm³/mol. The van der Waals surface area contributed by atoms with E-state index < -0.39 is 0 Å². The molecule has 0 aromatic carbocycles. The molecule has 3 aliphatic rings. The van der Waals surface area contributed by atoms with Crippen LogP contribution in [0.1, 0.15) is 25.7 Å². The Hall–Kier alpha value is -0.300. The molecular weight excluding hydrogens is 146 g/mol. The highest BCUT2D eigenvalue weighted by Crippen LogP contribution is 2.48. The van der Waals surface area contributed by atoms with E-state index in [-0.39, 0.29) is 0 Å². The summed E-state index contributed by atoms with van der Waals surface area (Å²) in [7, 11) is 0. The van der Waals surface area contributed by atoms with E-state index in [1.165, 1.54) is 25.7 Å². The summed E-state index contributed by atoms with van der Waals surface area (Å²) in [4.78, 5) is 0. The van der Waals surface area contributed by atoms with Crippen LogP contribution < -0.4 is 5.73 Å². The zero-order valence-electron chi connectivity index (χ0n) is 7.45. The topological polar surface area (TPSA) is 26.0 Å². The molecule has 66 valence electrons. The molecule has 0 aliphatic heterocycles. The van der Waals surface area contributed by atoms with Gasteiger partial charge in [-0.05, 0) is 49.4 Å². The summed E-state index contributed by atoms with van der Waals surface area (Å²) in [6.45, 7) is 0. The van der Waals surface area contributed by atoms with Crippen molar-refractivity contribution in [3.63, 3.8) is 0 Å². The van der Waals surface area contributed by atoms with Crippen molar-refractivity contribution in [1.82, 2.24) is 0 Å². The minimum Gasteiger partial charge on any atom is -0.327 e. The van der Waals surface area contributed by atoms with Crippen molar-refractivity contribution in [2.24, 2.45) is 29.4 Å². The van der Waals surface area contributed by atoms with Gasteiger partial charge in [-0.2, -0.15) is 0 Å². The highest BCUT2D eigenvalue weighted by Gasteiger charge is 2.41. The zero-order chi connectivity index (χ0) is 8.13. The molecule has 0 saturated heterocycles. The van der Waals surface area contributed by atoms with Crippen molar-refractivity contribution in [2.45, 2.75) is 31.7 Å². The number of fused-ring (bicyclic) bond motifs is 2. The van der Waals surface area contributed by atoms with Gasteiger partial charge < -0.3 is 5.73 Å². The molecule has 3 rings (SSSR count). The molecule has 0 radical (unpaired) electrons. The third-order valence-corrected chi connectivity index (χ3v) is 4.20. The molecule has 0 amide bonds. The van der Waals surface area contributed by atoms with Crippen molar-refractivity contribution in [2.75, 3.05) is 0 Å². The van der Waals surface area contributed by atoms with Crippen molar-refractivity contribution in [3.8, 4) is 0 Å². The highest BCUT2D eigenvalue weighted by atomic mass is 14.7. The van der Waals surface area contributed by atoms with Gasteiger partial charge >= 0.3 is 0 Å². The van der Waals surface area contributed by atoms with Crippen LogP contribution in [0.25, 0.3) is 0 Å². The van der Waals surface area contributed by atoms with Gasteiger partial charge in [0.1, 0.15) is 0 Å². The normalized spacial score (nSPS) is 55.9. The monoisotopic (exact) mass is 163 g/mol. The van der Waals surface area contributed by atoms with Gasteiger partial charge in [-0.1, -0.05) is 12.2 Å². The van der Waals surface area contributed by atoms with Gasteiger partial charge in [-0.25, -0.2) is 0 Å². The average Bonchev–Trinajstić information content (AvgIpc) is 2.07. The Morgan fingerprint density at radius 1 is 0.917 bits per heavy atom. The van der Waals surface area contributed by atoms with Gasteiger partial charge in [0, 0.05) is 6.04 Å². The molecule has 3 aliphatic carbocycles. The first-order valence-electron chi connectivity index (χ1n) is 5.27. The Morgan fingerprint density at radius 2 is 1.75 bits per heavy atom. The zero-order valence-corrected chi connectivity index (χ0v) is 7.45. The van der Waals surface area contributed by atoms with Crippen molar-refractivity contribution in [1.29, 1.82) is 0 Å². The molecule has 2 N–H and O–H groups in total. The maximum Gasteiger partial charge on any atom is 0.00731 e. The number of allylic oxidation sites excluding steroid dienone is 2. The van der Waals surface area contributed by atoms with E-state index in [1.807, 2.05) is 0 Å². The van der Waals surface area contributed by atoms with Gasteiger partial charge in [0.05, 0.1) is 0 Å². The van der Waals surface area contributed by atoms with E-state index in [0.29, 0.717) is 6.04 Å². The van der Waals surface area contributed by atoms with Crippen LogP contribution in [-0.2, 0) is 0 Å². The molecule has 2 saturated carbocycles. The summed E-state index contributed by atoms with van der Waals surface area (Å²) < 4.78 is 0. The van der Waals surface area contributed by atoms with E-state index >= 15 is 0 Å². The summed E-state index contributed by atoms with van der Waals surface area (Å²) in [5, 5.41) is 0. The second-order valence-corrected chi connectivity index (χ2v) is 4.94. The molecule has 1 heteroatoms. The van der Waals surface area contributed by atoms with Crippen LogP contribution in [0.3, 0.4) is 0 Å². The highest BCUT2D eigenvalue weighted by molar-refractivity contribution is 5.09. The third kappa shape index (κ3) is 0.891. The van der Waals surface area contributed by atoms with Crippen LogP contribution in [0.15, 0.2) is 12.2 Å². The molecule has 1 nitrogen and oxygen atoms in total. The van der Waals surface area contributed by atoms with Crippen LogP contribution in [0.5, 0.6) is 0 Å². The summed E-state index contributed by atoms with van der Waals surface area (Å²) in [5.74, 6) is 3.58. The largest absolute Gasteiger partial charge is 0.327 e. The van der Waals surface area contributed by atoms with E-state index in [1.54, 1.807) is 0 Å². The fraction of sp³-hybridized carbons (Fsp3) is 0.818. The summed E-state index contributed by atoms with van der Waals surface area (Å²) in [6, 6.07) is 0.513. The Morgan fingerprint density at radius 3 is 2.67 bits per heavy atom. The van der Waals surface area contributed by atoms with Gasteiger partial charge in [0.15, 0.2) is 0 Å². The maximum absolute atomic E-state index is 6.14. The van der Waals surface area contributed by atoms with Crippen LogP contribution >= 0.6 is 0 Å². The van der Waals surface area contributed by atoms with Crippen molar-refractivity contribution < 1.29 is 0 Å². The lowest BCUT2D eigenvalue weighted by atomic mass is 9.59. The summed E-state index contributed by atoms with van der Waals surface area (Å²) >= 11 is 0. The molecule has 0 spiro atoms. The van der Waals surface area contributed by atoms with Gasteiger partial charge in [0.2, 0.25) is 0 Å². The first-order chi connectivity index (χ1) is 5.83. The fourth-order valence-corrected chi connectivity index (χ4v) is 3.55. The summed E-state index contributed by atoms with van der Waals surface area (Å²) in [6.07, 6.45) is 10.4. The molecule has 0 aromatic rings. The second-order valence-electron chi connectivity index (χ2n) is 4.94. The lowest BCUT2D eigenvalue weighted by molar-refractivity contribution is 0.0900. The first kappa shape index (κ1) is 7.14. The fourth-order valence-electron chi connectivity index (χ4n) is 3.55.